The van der Waals surface area contributed by atoms with Crippen LogP contribution in [0.2, 0.25) is 0 Å². The van der Waals surface area contributed by atoms with Crippen LogP contribution in [0.25, 0.3) is 0 Å². The Kier molecular flexibility index (Phi) is 3.94. The van der Waals surface area contributed by atoms with E-state index in [2.05, 4.69) is 4.98 Å². The number of likely N-dealkylation sites (tertiary alicyclic amines) is 1. The number of carbonyl (C=O) groups is 1. The SMILES string of the molecule is CC(C)(C)OC(=O)N1C[C@@H](N)[C@H](c2ccc(F)cn2)C1. The summed E-state index contributed by atoms with van der Waals surface area (Å²) >= 11 is 0. The number of hydrogen-bond acceptors (Lipinski definition) is 4. The zero-order valence-electron chi connectivity index (χ0n) is 12.0. The van der Waals surface area contributed by atoms with Gasteiger partial charge in [-0.2, -0.15) is 0 Å². The molecule has 0 radical (unpaired) electrons. The summed E-state index contributed by atoms with van der Waals surface area (Å²) in [6, 6.07) is 2.74. The fourth-order valence-corrected chi connectivity index (χ4v) is 2.22. The number of amides is 1. The summed E-state index contributed by atoms with van der Waals surface area (Å²) in [6.45, 7) is 6.31. The van der Waals surface area contributed by atoms with Crippen molar-refractivity contribution in [3.05, 3.63) is 29.8 Å². The monoisotopic (exact) mass is 281 g/mol. The second-order valence-electron chi connectivity index (χ2n) is 6.06. The van der Waals surface area contributed by atoms with E-state index in [1.54, 1.807) is 11.0 Å². The van der Waals surface area contributed by atoms with Crippen LogP contribution in [0.5, 0.6) is 0 Å². The number of hydrogen-bond donors (Lipinski definition) is 1. The van der Waals surface area contributed by atoms with Gasteiger partial charge in [0.15, 0.2) is 0 Å². The molecule has 0 saturated carbocycles. The van der Waals surface area contributed by atoms with Gasteiger partial charge in [0.05, 0.1) is 6.20 Å². The standard InChI is InChI=1S/C14H20FN3O2/c1-14(2,3)20-13(19)18-7-10(11(16)8-18)12-5-4-9(15)6-17-12/h4-6,10-11H,7-8,16H2,1-3H3/t10-,11-/m1/s1. The van der Waals surface area contributed by atoms with E-state index in [1.165, 1.54) is 6.07 Å². The number of ether oxygens (including phenoxy) is 1. The van der Waals surface area contributed by atoms with Crippen molar-refractivity contribution in [3.63, 3.8) is 0 Å². The van der Waals surface area contributed by atoms with E-state index in [-0.39, 0.29) is 23.9 Å². The maximum atomic E-state index is 12.9. The summed E-state index contributed by atoms with van der Waals surface area (Å²) in [5.74, 6) is -0.479. The Balaban J connectivity index is 2.05. The van der Waals surface area contributed by atoms with Crippen LogP contribution in [0.15, 0.2) is 18.3 Å². The highest BCUT2D eigenvalue weighted by molar-refractivity contribution is 5.69. The molecule has 1 aliphatic rings. The molecule has 1 amide bonds. The van der Waals surface area contributed by atoms with E-state index in [1.807, 2.05) is 20.8 Å². The lowest BCUT2D eigenvalue weighted by Crippen LogP contribution is -2.36. The molecule has 1 aromatic rings. The Bertz CT molecular complexity index is 484. The van der Waals surface area contributed by atoms with Gasteiger partial charge in [-0.1, -0.05) is 0 Å². The van der Waals surface area contributed by atoms with Crippen molar-refractivity contribution in [2.24, 2.45) is 5.73 Å². The molecule has 20 heavy (non-hydrogen) atoms. The van der Waals surface area contributed by atoms with Gasteiger partial charge >= 0.3 is 6.09 Å². The summed E-state index contributed by atoms with van der Waals surface area (Å²) in [5, 5.41) is 0. The number of rotatable bonds is 1. The first-order chi connectivity index (χ1) is 9.26. The highest BCUT2D eigenvalue weighted by atomic mass is 19.1. The van der Waals surface area contributed by atoms with Crippen LogP contribution in [0.4, 0.5) is 9.18 Å². The molecule has 2 heterocycles. The lowest BCUT2D eigenvalue weighted by molar-refractivity contribution is 0.0290. The molecule has 2 N–H and O–H groups in total. The predicted molar refractivity (Wildman–Crippen MR) is 72.7 cm³/mol. The van der Waals surface area contributed by atoms with Crippen molar-refractivity contribution < 1.29 is 13.9 Å². The van der Waals surface area contributed by atoms with E-state index in [4.69, 9.17) is 10.5 Å². The smallest absolute Gasteiger partial charge is 0.410 e. The van der Waals surface area contributed by atoms with Crippen LogP contribution >= 0.6 is 0 Å². The first-order valence-corrected chi connectivity index (χ1v) is 6.61. The van der Waals surface area contributed by atoms with Gasteiger partial charge in [0.25, 0.3) is 0 Å². The molecule has 2 atom stereocenters. The van der Waals surface area contributed by atoms with Gasteiger partial charge in [-0.05, 0) is 32.9 Å². The fraction of sp³-hybridized carbons (Fsp3) is 0.571. The summed E-state index contributed by atoms with van der Waals surface area (Å²) in [5.41, 5.74) is 6.22. The van der Waals surface area contributed by atoms with Crippen molar-refractivity contribution in [2.45, 2.75) is 38.3 Å². The Hall–Kier alpha value is -1.69. The average molecular weight is 281 g/mol. The molecule has 2 rings (SSSR count). The van der Waals surface area contributed by atoms with E-state index < -0.39 is 5.60 Å². The van der Waals surface area contributed by atoms with Crippen molar-refractivity contribution in [2.75, 3.05) is 13.1 Å². The van der Waals surface area contributed by atoms with Gasteiger partial charge in [-0.3, -0.25) is 4.98 Å². The van der Waals surface area contributed by atoms with E-state index >= 15 is 0 Å². The van der Waals surface area contributed by atoms with Gasteiger partial charge in [0.1, 0.15) is 11.4 Å². The van der Waals surface area contributed by atoms with Crippen LogP contribution < -0.4 is 5.73 Å². The largest absolute Gasteiger partial charge is 0.444 e. The molecule has 0 aliphatic carbocycles. The highest BCUT2D eigenvalue weighted by Gasteiger charge is 2.36. The number of carbonyl (C=O) groups excluding carboxylic acids is 1. The van der Waals surface area contributed by atoms with E-state index in [9.17, 15) is 9.18 Å². The number of aromatic nitrogens is 1. The molecule has 1 aliphatic heterocycles. The lowest BCUT2D eigenvalue weighted by Gasteiger charge is -2.24. The van der Waals surface area contributed by atoms with Crippen LogP contribution in [0.1, 0.15) is 32.4 Å². The minimum atomic E-state index is -0.534. The van der Waals surface area contributed by atoms with Crippen LogP contribution in [-0.2, 0) is 4.74 Å². The minimum absolute atomic E-state index is 0.0943. The maximum Gasteiger partial charge on any atom is 0.410 e. The third-order valence-electron chi connectivity index (χ3n) is 3.15. The molecule has 0 bridgehead atoms. The quantitative estimate of drug-likeness (QED) is 0.853. The molecule has 6 heteroatoms. The minimum Gasteiger partial charge on any atom is -0.444 e. The van der Waals surface area contributed by atoms with Gasteiger partial charge in [-0.15, -0.1) is 0 Å². The first kappa shape index (κ1) is 14.7. The van der Waals surface area contributed by atoms with Crippen LogP contribution in [0.3, 0.4) is 0 Å². The average Bonchev–Trinajstić information content (AvgIpc) is 2.70. The zero-order valence-corrected chi connectivity index (χ0v) is 12.0. The second-order valence-corrected chi connectivity index (χ2v) is 6.06. The molecule has 1 saturated heterocycles. The molecule has 110 valence electrons. The number of halogens is 1. The van der Waals surface area contributed by atoms with E-state index in [0.717, 1.165) is 6.20 Å². The molecular formula is C14H20FN3O2. The lowest BCUT2D eigenvalue weighted by atomic mass is 10.00. The van der Waals surface area contributed by atoms with Crippen LogP contribution in [0, 0.1) is 5.82 Å². The third-order valence-corrected chi connectivity index (χ3v) is 3.15. The second kappa shape index (κ2) is 5.36. The van der Waals surface area contributed by atoms with Crippen molar-refractivity contribution in [3.8, 4) is 0 Å². The van der Waals surface area contributed by atoms with Crippen molar-refractivity contribution >= 4 is 6.09 Å². The molecule has 5 nitrogen and oxygen atoms in total. The Morgan fingerprint density at radius 2 is 2.15 bits per heavy atom. The number of nitrogens with zero attached hydrogens (tertiary/aromatic N) is 2. The molecular weight excluding hydrogens is 261 g/mol. The first-order valence-electron chi connectivity index (χ1n) is 6.61. The molecule has 1 aromatic heterocycles. The van der Waals surface area contributed by atoms with Gasteiger partial charge in [0, 0.05) is 30.7 Å². The fourth-order valence-electron chi connectivity index (χ4n) is 2.22. The maximum absolute atomic E-state index is 12.9. The van der Waals surface area contributed by atoms with E-state index in [0.29, 0.717) is 18.8 Å². The Morgan fingerprint density at radius 3 is 2.70 bits per heavy atom. The number of nitrogens with two attached hydrogens (primary N) is 1. The van der Waals surface area contributed by atoms with Crippen LogP contribution in [-0.4, -0.2) is 40.7 Å². The number of pyridine rings is 1. The van der Waals surface area contributed by atoms with Crippen molar-refractivity contribution in [1.29, 1.82) is 0 Å². The van der Waals surface area contributed by atoms with Gasteiger partial charge < -0.3 is 15.4 Å². The van der Waals surface area contributed by atoms with Gasteiger partial charge in [-0.25, -0.2) is 9.18 Å². The normalized spacial score (nSPS) is 22.9. The Labute approximate surface area is 117 Å². The summed E-state index contributed by atoms with van der Waals surface area (Å²) in [4.78, 5) is 17.6. The summed E-state index contributed by atoms with van der Waals surface area (Å²) < 4.78 is 18.2. The predicted octanol–water partition coefficient (Wildman–Crippen LogP) is 1.88. The Morgan fingerprint density at radius 1 is 1.45 bits per heavy atom. The zero-order chi connectivity index (χ0) is 14.9. The molecule has 0 spiro atoms. The topological polar surface area (TPSA) is 68.5 Å². The third kappa shape index (κ3) is 3.45. The van der Waals surface area contributed by atoms with Gasteiger partial charge in [0.2, 0.25) is 0 Å². The highest BCUT2D eigenvalue weighted by Crippen LogP contribution is 2.26. The molecule has 0 aromatic carbocycles. The van der Waals surface area contributed by atoms with Crippen molar-refractivity contribution in [1.82, 2.24) is 9.88 Å². The molecule has 1 fully saturated rings. The molecule has 0 unspecified atom stereocenters. The summed E-state index contributed by atoms with van der Waals surface area (Å²) in [6.07, 6.45) is 0.788. The summed E-state index contributed by atoms with van der Waals surface area (Å²) in [7, 11) is 0.